The number of aryl methyl sites for hydroxylation is 2. The lowest BCUT2D eigenvalue weighted by molar-refractivity contribution is -0.162. The molecular weight excluding hydrogens is 626 g/mol. The molecule has 4 aliphatic rings. The van der Waals surface area contributed by atoms with E-state index in [0.29, 0.717) is 24.8 Å². The molecule has 4 heterocycles. The summed E-state index contributed by atoms with van der Waals surface area (Å²) in [6, 6.07) is 13.2. The van der Waals surface area contributed by atoms with Crippen LogP contribution in [0.15, 0.2) is 72.8 Å². The molecule has 2 N–H and O–H groups in total. The van der Waals surface area contributed by atoms with Crippen LogP contribution < -0.4 is 10.2 Å². The number of esters is 1. The summed E-state index contributed by atoms with van der Waals surface area (Å²) < 4.78 is 18.6. The summed E-state index contributed by atoms with van der Waals surface area (Å²) in [6.45, 7) is 4.40. The first-order valence-corrected chi connectivity index (χ1v) is 17.1. The first-order chi connectivity index (χ1) is 23.7. The topological polar surface area (TPSA) is 135 Å². The van der Waals surface area contributed by atoms with Crippen molar-refractivity contribution in [2.75, 3.05) is 38.3 Å². The molecule has 49 heavy (non-hydrogen) atoms. The molecule has 0 bridgehead atoms. The number of methoxy groups -OCH3 is 1. The number of carbonyl (C=O) groups is 4. The van der Waals surface area contributed by atoms with Gasteiger partial charge >= 0.3 is 5.97 Å². The van der Waals surface area contributed by atoms with Gasteiger partial charge in [-0.3, -0.25) is 19.2 Å². The second-order valence-electron chi connectivity index (χ2n) is 13.3. The normalized spacial score (nSPS) is 30.8. The number of nitrogens with one attached hydrogen (secondary N) is 1. The third kappa shape index (κ3) is 6.42. The van der Waals surface area contributed by atoms with E-state index in [2.05, 4.69) is 5.32 Å². The van der Waals surface area contributed by atoms with Crippen molar-refractivity contribution in [1.82, 2.24) is 10.2 Å². The largest absolute Gasteiger partial charge is 0.455 e. The Morgan fingerprint density at radius 2 is 1.73 bits per heavy atom. The average molecular weight is 672 g/mol. The van der Waals surface area contributed by atoms with Crippen LogP contribution >= 0.6 is 0 Å². The van der Waals surface area contributed by atoms with E-state index in [0.717, 1.165) is 16.8 Å². The summed E-state index contributed by atoms with van der Waals surface area (Å²) in [5, 5.41) is 12.5. The van der Waals surface area contributed by atoms with Crippen molar-refractivity contribution < 1.29 is 38.5 Å². The van der Waals surface area contributed by atoms with Gasteiger partial charge in [0, 0.05) is 38.9 Å². The smallest absolute Gasteiger partial charge is 0.313 e. The summed E-state index contributed by atoms with van der Waals surface area (Å²) >= 11 is 0. The van der Waals surface area contributed by atoms with Crippen molar-refractivity contribution >= 4 is 29.4 Å². The van der Waals surface area contributed by atoms with E-state index in [9.17, 15) is 24.3 Å². The molecule has 0 unspecified atom stereocenters. The Morgan fingerprint density at radius 1 is 0.980 bits per heavy atom. The Labute approximate surface area is 286 Å². The number of likely N-dealkylation sites (tertiary alicyclic amines) is 1. The molecule has 11 heteroatoms. The summed E-state index contributed by atoms with van der Waals surface area (Å²) in [6.07, 6.45) is 6.83. The first kappa shape index (κ1) is 34.5. The van der Waals surface area contributed by atoms with E-state index in [1.54, 1.807) is 28.0 Å². The SMILES string of the molecule is COC[C@H]1NC(=O)CC/C=C\[C@H]2O[C@]34C=CCN(c5c(C)cccc5C)C(=O)[C@H]3N(CCCCO)C(=O)[C@@H]4[C@H]2C(=O)O[C@@H]1c1ccccc1. The monoisotopic (exact) mass is 671 g/mol. The highest BCUT2D eigenvalue weighted by Crippen LogP contribution is 2.53. The third-order valence-electron chi connectivity index (χ3n) is 10.1. The zero-order valence-electron chi connectivity index (χ0n) is 28.2. The molecule has 11 nitrogen and oxygen atoms in total. The fourth-order valence-corrected chi connectivity index (χ4v) is 7.96. The Hall–Kier alpha value is -4.32. The Balaban J connectivity index is 1.45. The molecule has 7 atom stereocenters. The van der Waals surface area contributed by atoms with E-state index >= 15 is 0 Å². The summed E-state index contributed by atoms with van der Waals surface area (Å²) in [5.74, 6) is -3.69. The van der Waals surface area contributed by atoms with Gasteiger partial charge in [0.25, 0.3) is 5.91 Å². The van der Waals surface area contributed by atoms with Gasteiger partial charge < -0.3 is 34.4 Å². The summed E-state index contributed by atoms with van der Waals surface area (Å²) in [5.41, 5.74) is 1.82. The molecule has 2 fully saturated rings. The van der Waals surface area contributed by atoms with Crippen LogP contribution in [0.2, 0.25) is 0 Å². The second kappa shape index (κ2) is 14.7. The van der Waals surface area contributed by atoms with E-state index in [-0.39, 0.29) is 50.4 Å². The molecule has 6 rings (SSSR count). The number of aliphatic hydroxyl groups is 1. The Bertz CT molecular complexity index is 1610. The number of allylic oxidation sites excluding steroid dienone is 1. The van der Waals surface area contributed by atoms with E-state index in [4.69, 9.17) is 14.2 Å². The number of hydrogen-bond donors (Lipinski definition) is 2. The molecule has 2 aromatic rings. The number of benzene rings is 2. The number of unbranched alkanes of at least 4 members (excludes halogenated alkanes) is 1. The molecule has 0 aromatic heterocycles. The van der Waals surface area contributed by atoms with Crippen molar-refractivity contribution in [3.63, 3.8) is 0 Å². The number of aliphatic hydroxyl groups excluding tert-OH is 1. The highest BCUT2D eigenvalue weighted by atomic mass is 16.6. The first-order valence-electron chi connectivity index (χ1n) is 17.1. The van der Waals surface area contributed by atoms with Crippen molar-refractivity contribution in [2.24, 2.45) is 11.8 Å². The fraction of sp³-hybridized carbons (Fsp3) is 0.474. The minimum absolute atomic E-state index is 0.0536. The number of cyclic esters (lactones) is 1. The standard InChI is InChI=1S/C38H45N3O8/c1-24-13-11-14-25(2)32(24)40-21-12-19-38-31(35(44)41(20-9-10-22-42)34(38)36(40)45)30-28(49-38)17-7-8-18-29(43)39-27(23-47-3)33(48-37(30)46)26-15-5-4-6-16-26/h4-7,11-17,19,27-28,30-31,33-34,42H,8-10,18,20-23H2,1-3H3,(H,39,43)/b17-7-/t27-,28-,30+,31+,33-,34-,38+/m1/s1. The number of ether oxygens (including phenoxy) is 3. The zero-order valence-corrected chi connectivity index (χ0v) is 28.2. The van der Waals surface area contributed by atoms with E-state index in [1.807, 2.05) is 68.5 Å². The number of rotatable bonds is 8. The molecule has 0 aliphatic carbocycles. The van der Waals surface area contributed by atoms with Gasteiger partial charge in [-0.2, -0.15) is 0 Å². The highest BCUT2D eigenvalue weighted by molar-refractivity contribution is 6.06. The molecule has 260 valence electrons. The maximum absolute atomic E-state index is 14.8. The van der Waals surface area contributed by atoms with Gasteiger partial charge in [-0.25, -0.2) is 0 Å². The van der Waals surface area contributed by atoms with Crippen LogP contribution in [0.1, 0.15) is 48.5 Å². The van der Waals surface area contributed by atoms with Gasteiger partial charge in [0.2, 0.25) is 11.8 Å². The highest BCUT2D eigenvalue weighted by Gasteiger charge is 2.72. The predicted octanol–water partition coefficient (Wildman–Crippen LogP) is 3.33. The third-order valence-corrected chi connectivity index (χ3v) is 10.1. The van der Waals surface area contributed by atoms with Crippen LogP contribution in [0.25, 0.3) is 0 Å². The summed E-state index contributed by atoms with van der Waals surface area (Å²) in [7, 11) is 1.51. The number of nitrogens with zero attached hydrogens (tertiary/aromatic N) is 2. The molecule has 2 saturated heterocycles. The number of hydrogen-bond acceptors (Lipinski definition) is 8. The quantitative estimate of drug-likeness (QED) is 0.248. The van der Waals surface area contributed by atoms with Crippen molar-refractivity contribution in [1.29, 1.82) is 0 Å². The van der Waals surface area contributed by atoms with Crippen molar-refractivity contribution in [3.05, 3.63) is 89.5 Å². The van der Waals surface area contributed by atoms with Crippen molar-refractivity contribution in [2.45, 2.75) is 69.4 Å². The molecule has 3 amide bonds. The van der Waals surface area contributed by atoms with Gasteiger partial charge in [-0.1, -0.05) is 72.8 Å². The van der Waals surface area contributed by atoms with Gasteiger partial charge in [-0.05, 0) is 49.8 Å². The van der Waals surface area contributed by atoms with E-state index < -0.39 is 47.7 Å². The van der Waals surface area contributed by atoms with Crippen LogP contribution in [0, 0.1) is 25.7 Å². The number of para-hydroxylation sites is 1. The van der Waals surface area contributed by atoms with Gasteiger partial charge in [-0.15, -0.1) is 0 Å². The van der Waals surface area contributed by atoms with Crippen molar-refractivity contribution in [3.8, 4) is 0 Å². The van der Waals surface area contributed by atoms with E-state index in [1.165, 1.54) is 7.11 Å². The Morgan fingerprint density at radius 3 is 2.45 bits per heavy atom. The maximum atomic E-state index is 14.8. The van der Waals surface area contributed by atoms with Crippen LogP contribution in [0.5, 0.6) is 0 Å². The number of anilines is 1. The molecule has 1 spiro atoms. The lowest BCUT2D eigenvalue weighted by Gasteiger charge is -2.36. The fourth-order valence-electron chi connectivity index (χ4n) is 7.96. The van der Waals surface area contributed by atoms with Gasteiger partial charge in [0.05, 0.1) is 24.7 Å². The predicted molar refractivity (Wildman–Crippen MR) is 181 cm³/mol. The number of carbonyl (C=O) groups excluding carboxylic acids is 4. The number of amides is 3. The minimum atomic E-state index is -1.46. The lowest BCUT2D eigenvalue weighted by atomic mass is 9.77. The van der Waals surface area contributed by atoms with Gasteiger partial charge in [0.1, 0.15) is 23.7 Å². The van der Waals surface area contributed by atoms with Crippen LogP contribution in [0.4, 0.5) is 5.69 Å². The second-order valence-corrected chi connectivity index (χ2v) is 13.3. The average Bonchev–Trinajstić information content (AvgIpc) is 3.47. The molecule has 2 aromatic carbocycles. The Kier molecular flexibility index (Phi) is 10.3. The zero-order chi connectivity index (χ0) is 34.7. The number of fused-ring (bicyclic) bond motifs is 2. The molecule has 4 aliphatic heterocycles. The maximum Gasteiger partial charge on any atom is 0.313 e. The minimum Gasteiger partial charge on any atom is -0.455 e. The van der Waals surface area contributed by atoms with Gasteiger partial charge in [0.15, 0.2) is 0 Å². The molecule has 0 radical (unpaired) electrons. The molecule has 0 saturated carbocycles. The summed E-state index contributed by atoms with van der Waals surface area (Å²) in [4.78, 5) is 60.3. The van der Waals surface area contributed by atoms with Crippen LogP contribution in [0.3, 0.4) is 0 Å². The lowest BCUT2D eigenvalue weighted by Crippen LogP contribution is -2.55. The van der Waals surface area contributed by atoms with Crippen LogP contribution in [-0.2, 0) is 33.4 Å². The van der Waals surface area contributed by atoms with Crippen LogP contribution in [-0.4, -0.2) is 90.9 Å². The molecular formula is C38H45N3O8.